The molecule has 1 saturated heterocycles. The molecule has 3 aromatic rings. The fourth-order valence-corrected chi connectivity index (χ4v) is 7.93. The summed E-state index contributed by atoms with van der Waals surface area (Å²) in [6, 6.07) is 7.55. The Bertz CT molecular complexity index is 1710. The van der Waals surface area contributed by atoms with Crippen LogP contribution in [0.3, 0.4) is 0 Å². The maximum absolute atomic E-state index is 13.9. The summed E-state index contributed by atoms with van der Waals surface area (Å²) < 4.78 is 56.0. The number of halogens is 2. The molecule has 3 aliphatic rings. The minimum atomic E-state index is -4.33. The molecule has 10 nitrogen and oxygen atoms in total. The van der Waals surface area contributed by atoms with E-state index in [9.17, 15) is 26.8 Å². The second kappa shape index (κ2) is 11.3. The molecule has 2 amide bonds. The molecule has 2 aromatic carbocycles. The van der Waals surface area contributed by atoms with Gasteiger partial charge in [-0.3, -0.25) is 14.7 Å². The number of rotatable bonds is 7. The average molecular weight is 627 g/mol. The van der Waals surface area contributed by atoms with Gasteiger partial charge in [0.1, 0.15) is 11.6 Å². The van der Waals surface area contributed by atoms with Crippen LogP contribution in [-0.2, 0) is 26.9 Å². The van der Waals surface area contributed by atoms with Crippen LogP contribution in [0.15, 0.2) is 41.3 Å². The summed E-state index contributed by atoms with van der Waals surface area (Å²) in [5, 5.41) is 12.9. The number of carbonyl (C=O) groups is 2. The van der Waals surface area contributed by atoms with Crippen molar-refractivity contribution < 1.29 is 26.8 Å². The lowest BCUT2D eigenvalue weighted by molar-refractivity contribution is -0.122. The Morgan fingerprint density at radius 1 is 1.00 bits per heavy atom. The molecule has 6 rings (SSSR count). The first-order valence-corrected chi connectivity index (χ1v) is 16.4. The number of aromatic amines is 1. The van der Waals surface area contributed by atoms with Crippen molar-refractivity contribution in [3.63, 3.8) is 0 Å². The minimum Gasteiger partial charge on any atom is -0.371 e. The predicted molar refractivity (Wildman–Crippen MR) is 162 cm³/mol. The van der Waals surface area contributed by atoms with E-state index in [4.69, 9.17) is 0 Å². The Morgan fingerprint density at radius 2 is 1.68 bits per heavy atom. The summed E-state index contributed by atoms with van der Waals surface area (Å²) in [5.41, 5.74) is 1.29. The number of H-pyrrole nitrogens is 1. The molecule has 2 fully saturated rings. The fraction of sp³-hybridized carbons (Fsp3) is 0.452. The number of aromatic nitrogens is 2. The summed E-state index contributed by atoms with van der Waals surface area (Å²) in [4.78, 5) is 28.4. The molecule has 0 radical (unpaired) electrons. The van der Waals surface area contributed by atoms with E-state index in [1.165, 1.54) is 0 Å². The van der Waals surface area contributed by atoms with Crippen LogP contribution in [0.1, 0.15) is 74.5 Å². The molecule has 0 spiro atoms. The zero-order chi connectivity index (χ0) is 31.4. The van der Waals surface area contributed by atoms with Crippen LogP contribution in [0, 0.1) is 23.5 Å². The van der Waals surface area contributed by atoms with Crippen molar-refractivity contribution in [3.05, 3.63) is 64.9 Å². The highest BCUT2D eigenvalue weighted by molar-refractivity contribution is 7.89. The van der Waals surface area contributed by atoms with E-state index >= 15 is 0 Å². The number of hydrogen-bond acceptors (Lipinski definition) is 6. The number of benzene rings is 2. The van der Waals surface area contributed by atoms with E-state index in [-0.39, 0.29) is 29.8 Å². The SMILES string of the molecule is CC1CCN(c2ccc(C(=O)Nc3n[nH]c4c3CN(S(=O)(=O)c3cc(F)cc(F)c3)C4(C)C)c(NC(=O)C3CCC3)c2)CC1. The van der Waals surface area contributed by atoms with Gasteiger partial charge in [0.25, 0.3) is 5.91 Å². The molecule has 2 aliphatic heterocycles. The average Bonchev–Trinajstić information content (AvgIpc) is 3.45. The van der Waals surface area contributed by atoms with Gasteiger partial charge in [-0.15, -0.1) is 0 Å². The number of piperidine rings is 1. The Labute approximate surface area is 255 Å². The largest absolute Gasteiger partial charge is 0.371 e. The van der Waals surface area contributed by atoms with Crippen molar-refractivity contribution in [1.29, 1.82) is 0 Å². The Hall–Kier alpha value is -3.84. The third-order valence-corrected chi connectivity index (χ3v) is 11.2. The third kappa shape index (κ3) is 5.47. The van der Waals surface area contributed by atoms with E-state index in [0.29, 0.717) is 28.9 Å². The van der Waals surface area contributed by atoms with E-state index < -0.39 is 38.0 Å². The molecule has 3 N–H and O–H groups in total. The van der Waals surface area contributed by atoms with Crippen LogP contribution < -0.4 is 15.5 Å². The van der Waals surface area contributed by atoms with E-state index in [1.54, 1.807) is 19.9 Å². The second-order valence-electron chi connectivity index (χ2n) is 12.6. The molecule has 13 heteroatoms. The Morgan fingerprint density at radius 3 is 2.32 bits per heavy atom. The van der Waals surface area contributed by atoms with Crippen LogP contribution in [0.2, 0.25) is 0 Å². The van der Waals surface area contributed by atoms with Gasteiger partial charge in [-0.2, -0.15) is 9.40 Å². The van der Waals surface area contributed by atoms with E-state index in [0.717, 1.165) is 67.3 Å². The highest BCUT2D eigenvalue weighted by atomic mass is 32.2. The number of anilines is 3. The van der Waals surface area contributed by atoms with Crippen molar-refractivity contribution in [2.24, 2.45) is 11.8 Å². The standard InChI is InChI=1S/C31H36F2N6O4S/c1-18-9-11-38(12-10-18)22-7-8-24(26(16-22)34-29(40)19-5-4-6-19)30(41)35-28-25-17-39(31(2,3)27(25)36-37-28)44(42,43)23-14-20(32)13-21(33)15-23/h7-8,13-16,18-19H,4-6,9-12,17H2,1-3H3,(H,34,40)(H2,35,36,37,41). The molecular weight excluding hydrogens is 590 g/mol. The van der Waals surface area contributed by atoms with Gasteiger partial charge < -0.3 is 15.5 Å². The zero-order valence-electron chi connectivity index (χ0n) is 24.9. The summed E-state index contributed by atoms with van der Waals surface area (Å²) in [5.74, 6) is -1.95. The summed E-state index contributed by atoms with van der Waals surface area (Å²) in [7, 11) is -4.33. The van der Waals surface area contributed by atoms with Crippen LogP contribution in [0.4, 0.5) is 26.0 Å². The number of nitrogens with one attached hydrogen (secondary N) is 3. The second-order valence-corrected chi connectivity index (χ2v) is 14.4. The molecule has 44 heavy (non-hydrogen) atoms. The summed E-state index contributed by atoms with van der Waals surface area (Å²) in [6.07, 6.45) is 4.75. The number of carbonyl (C=O) groups excluding carboxylic acids is 2. The maximum Gasteiger partial charge on any atom is 0.258 e. The van der Waals surface area contributed by atoms with Crippen molar-refractivity contribution in [2.45, 2.75) is 69.9 Å². The molecule has 0 atom stereocenters. The fourth-order valence-electron chi connectivity index (χ4n) is 6.16. The van der Waals surface area contributed by atoms with Crippen LogP contribution >= 0.6 is 0 Å². The molecular formula is C31H36F2N6O4S. The van der Waals surface area contributed by atoms with Crippen LogP contribution in [-0.4, -0.2) is 47.8 Å². The Balaban J connectivity index is 1.27. The predicted octanol–water partition coefficient (Wildman–Crippen LogP) is 5.35. The van der Waals surface area contributed by atoms with Crippen molar-refractivity contribution >= 4 is 39.0 Å². The van der Waals surface area contributed by atoms with Gasteiger partial charge in [0, 0.05) is 42.9 Å². The quantitative estimate of drug-likeness (QED) is 0.324. The lowest BCUT2D eigenvalue weighted by atomic mass is 9.84. The Kier molecular flexibility index (Phi) is 7.73. The monoisotopic (exact) mass is 626 g/mol. The molecule has 234 valence electrons. The van der Waals surface area contributed by atoms with Crippen LogP contribution in [0.5, 0.6) is 0 Å². The number of fused-ring (bicyclic) bond motifs is 1. The molecule has 1 saturated carbocycles. The molecule has 0 unspecified atom stereocenters. The van der Waals surface area contributed by atoms with Gasteiger partial charge in [0.05, 0.1) is 27.4 Å². The first-order valence-electron chi connectivity index (χ1n) is 14.9. The number of amides is 2. The van der Waals surface area contributed by atoms with Gasteiger partial charge in [-0.05, 0) is 75.8 Å². The van der Waals surface area contributed by atoms with Gasteiger partial charge in [-0.25, -0.2) is 17.2 Å². The molecule has 1 aromatic heterocycles. The topological polar surface area (TPSA) is 128 Å². The molecule has 3 heterocycles. The van der Waals surface area contributed by atoms with E-state index in [2.05, 4.69) is 32.7 Å². The number of sulfonamides is 1. The van der Waals surface area contributed by atoms with Gasteiger partial charge in [0.2, 0.25) is 15.9 Å². The van der Waals surface area contributed by atoms with Gasteiger partial charge >= 0.3 is 0 Å². The highest BCUT2D eigenvalue weighted by Crippen LogP contribution is 2.44. The number of nitrogens with zero attached hydrogens (tertiary/aromatic N) is 3. The minimum absolute atomic E-state index is 0.0817. The van der Waals surface area contributed by atoms with Crippen molar-refractivity contribution in [2.75, 3.05) is 28.6 Å². The lowest BCUT2D eigenvalue weighted by Crippen LogP contribution is -2.40. The summed E-state index contributed by atoms with van der Waals surface area (Å²) >= 11 is 0. The lowest BCUT2D eigenvalue weighted by Gasteiger charge is -2.32. The van der Waals surface area contributed by atoms with Gasteiger partial charge in [-0.1, -0.05) is 13.3 Å². The van der Waals surface area contributed by atoms with Crippen molar-refractivity contribution in [3.8, 4) is 0 Å². The first kappa shape index (κ1) is 30.2. The highest BCUT2D eigenvalue weighted by Gasteiger charge is 2.48. The first-order chi connectivity index (χ1) is 20.8. The normalized spacial score (nSPS) is 19.0. The van der Waals surface area contributed by atoms with Crippen molar-refractivity contribution in [1.82, 2.24) is 14.5 Å². The smallest absolute Gasteiger partial charge is 0.258 e. The summed E-state index contributed by atoms with van der Waals surface area (Å²) in [6.45, 7) is 7.11. The van der Waals surface area contributed by atoms with Gasteiger partial charge in [0.15, 0.2) is 5.82 Å². The molecule has 0 bridgehead atoms. The number of hydrogen-bond donors (Lipinski definition) is 3. The maximum atomic E-state index is 13.9. The molecule has 1 aliphatic carbocycles. The third-order valence-electron chi connectivity index (χ3n) is 9.19. The van der Waals surface area contributed by atoms with E-state index in [1.807, 2.05) is 12.1 Å². The van der Waals surface area contributed by atoms with Crippen LogP contribution in [0.25, 0.3) is 0 Å². The zero-order valence-corrected chi connectivity index (χ0v) is 25.7.